The molecule has 4 aromatic carbocycles. The van der Waals surface area contributed by atoms with Crippen molar-refractivity contribution in [2.75, 3.05) is 34.0 Å². The second kappa shape index (κ2) is 27.7. The molecule has 1 aromatic heterocycles. The molecule has 31 heteroatoms. The van der Waals surface area contributed by atoms with Crippen molar-refractivity contribution in [1.82, 2.24) is 0 Å². The number of carboxylic acids is 1. The van der Waals surface area contributed by atoms with Crippen molar-refractivity contribution in [3.63, 3.8) is 0 Å². The smallest absolute Gasteiger partial charge is 0.402 e. The van der Waals surface area contributed by atoms with Gasteiger partial charge in [-0.15, -0.1) is 0 Å². The summed E-state index contributed by atoms with van der Waals surface area (Å²) in [4.78, 5) is 49.1. The van der Waals surface area contributed by atoms with E-state index in [0.717, 1.165) is 42.5 Å². The van der Waals surface area contributed by atoms with E-state index in [2.05, 4.69) is 0 Å². The first-order chi connectivity index (χ1) is 41.3. The molecule has 15 atom stereocenters. The maximum Gasteiger partial charge on any atom is 0.402 e. The van der Waals surface area contributed by atoms with Crippen LogP contribution in [0.15, 0.2) is 83.3 Å². The van der Waals surface area contributed by atoms with Crippen molar-refractivity contribution in [2.24, 2.45) is 0 Å². The van der Waals surface area contributed by atoms with Crippen LogP contribution in [-0.4, -0.2) is 227 Å². The third-order valence-corrected chi connectivity index (χ3v) is 13.6. The first-order valence-electron chi connectivity index (χ1n) is 25.9. The van der Waals surface area contributed by atoms with Gasteiger partial charge in [-0.05, 0) is 47.5 Å². The fourth-order valence-corrected chi connectivity index (χ4v) is 9.00. The van der Waals surface area contributed by atoms with Crippen molar-refractivity contribution in [3.8, 4) is 68.8 Å². The summed E-state index contributed by atoms with van der Waals surface area (Å²) >= 11 is 0. The number of phenolic OH excluding ortho intramolecular Hbond substituents is 6. The van der Waals surface area contributed by atoms with Gasteiger partial charge in [0.1, 0.15) is 110 Å². The number of ether oxygens (including phenoxy) is 11. The van der Waals surface area contributed by atoms with Crippen molar-refractivity contribution >= 4 is 47.0 Å². The van der Waals surface area contributed by atoms with E-state index in [1.54, 1.807) is 0 Å². The van der Waals surface area contributed by atoms with Crippen LogP contribution in [0.1, 0.15) is 17.5 Å². The SMILES string of the molecule is COc1cc(/C=C/C(=O)OCC2O[C@@H](OC3[C@H](Oc4cc5c(O[C@@H]6OC(COC(=O)CC(=O)O)[C@@H](O)[C@H](O)C6O)cc(O)cc5[o+]c4-c4cc(O)c(O)c(O)c4)OC(COC(=O)/C=C/c4ccc(O)c(OC)c4)[C@@H](O)[C@@H]3O)C(O)[C@@H](O)[C@@H]2O)ccc1O. The number of carboxylic acid groups (broad SMARTS) is 1. The number of aromatic hydroxyl groups is 6. The van der Waals surface area contributed by atoms with E-state index >= 15 is 0 Å². The van der Waals surface area contributed by atoms with Crippen molar-refractivity contribution < 1.29 is 152 Å². The molecular weight excluding hydrogens is 1170 g/mol. The number of aliphatic hydroxyl groups excluding tert-OH is 8. The third kappa shape index (κ3) is 15.1. The average Bonchev–Trinajstić information content (AvgIpc) is 1.40. The monoisotopic (exact) mass is 1230 g/mol. The number of hydrogen-bond donors (Lipinski definition) is 15. The lowest BCUT2D eigenvalue weighted by Crippen LogP contribution is -2.65. The van der Waals surface area contributed by atoms with Crippen molar-refractivity contribution in [1.29, 1.82) is 0 Å². The summed E-state index contributed by atoms with van der Waals surface area (Å²) in [5.74, 6) is -10.2. The van der Waals surface area contributed by atoms with Crippen LogP contribution in [0.5, 0.6) is 57.5 Å². The molecule has 0 aliphatic carbocycles. The molecule has 8 rings (SSSR count). The summed E-state index contributed by atoms with van der Waals surface area (Å²) in [7, 11) is 2.61. The molecule has 3 aliphatic rings. The van der Waals surface area contributed by atoms with Crippen LogP contribution >= 0.6 is 0 Å². The van der Waals surface area contributed by atoms with Crippen LogP contribution < -0.4 is 18.9 Å². The van der Waals surface area contributed by atoms with Gasteiger partial charge in [0, 0.05) is 36.4 Å². The topological polar surface area (TPSA) is 485 Å². The molecule has 468 valence electrons. The Labute approximate surface area is 489 Å². The summed E-state index contributed by atoms with van der Waals surface area (Å²) in [6.45, 7) is -2.57. The number of hydrogen-bond acceptors (Lipinski definition) is 29. The van der Waals surface area contributed by atoms with E-state index in [4.69, 9.17) is 61.6 Å². The van der Waals surface area contributed by atoms with Crippen LogP contribution in [0, 0.1) is 0 Å². The van der Waals surface area contributed by atoms with E-state index in [-0.39, 0.29) is 39.5 Å². The molecule has 0 bridgehead atoms. The highest BCUT2D eigenvalue weighted by molar-refractivity contribution is 5.91. The Hall–Kier alpha value is -8.83. The van der Waals surface area contributed by atoms with Crippen LogP contribution in [0.4, 0.5) is 0 Å². The zero-order chi connectivity index (χ0) is 63.1. The first-order valence-corrected chi connectivity index (χ1v) is 25.9. The fourth-order valence-electron chi connectivity index (χ4n) is 9.00. The molecule has 0 radical (unpaired) electrons. The molecule has 3 fully saturated rings. The second-order valence-corrected chi connectivity index (χ2v) is 19.6. The van der Waals surface area contributed by atoms with Crippen LogP contribution in [0.25, 0.3) is 34.4 Å². The van der Waals surface area contributed by atoms with Gasteiger partial charge >= 0.3 is 35.2 Å². The molecule has 0 saturated carbocycles. The molecule has 0 spiro atoms. The maximum atomic E-state index is 13.1. The fraction of sp³-hybridized carbons (Fsp3) is 0.375. The predicted molar refractivity (Wildman–Crippen MR) is 285 cm³/mol. The molecule has 87 heavy (non-hydrogen) atoms. The van der Waals surface area contributed by atoms with E-state index in [0.29, 0.717) is 11.1 Å². The van der Waals surface area contributed by atoms with Gasteiger partial charge in [-0.1, -0.05) is 12.1 Å². The molecule has 5 aromatic rings. The van der Waals surface area contributed by atoms with Gasteiger partial charge < -0.3 is 129 Å². The number of methoxy groups -OCH3 is 2. The van der Waals surface area contributed by atoms with E-state index in [1.807, 2.05) is 0 Å². The Morgan fingerprint density at radius 2 is 1.00 bits per heavy atom. The number of benzene rings is 4. The maximum absolute atomic E-state index is 13.1. The lowest BCUT2D eigenvalue weighted by atomic mass is 9.97. The average molecular weight is 1230 g/mol. The van der Waals surface area contributed by atoms with Crippen LogP contribution in [0.3, 0.4) is 0 Å². The number of carbonyl (C=O) groups is 4. The largest absolute Gasteiger partial charge is 0.507 e. The van der Waals surface area contributed by atoms with Crippen molar-refractivity contribution in [3.05, 3.63) is 90.0 Å². The summed E-state index contributed by atoms with van der Waals surface area (Å²) in [6, 6.07) is 13.0. The first kappa shape index (κ1) is 64.2. The highest BCUT2D eigenvalue weighted by atomic mass is 16.8. The lowest BCUT2D eigenvalue weighted by Gasteiger charge is -2.45. The Bertz CT molecular complexity index is 3340. The molecule has 4 heterocycles. The van der Waals surface area contributed by atoms with Crippen LogP contribution in [0.2, 0.25) is 0 Å². The van der Waals surface area contributed by atoms with Gasteiger partial charge in [-0.3, -0.25) is 9.59 Å². The summed E-state index contributed by atoms with van der Waals surface area (Å²) in [5.41, 5.74) is 0.0598. The van der Waals surface area contributed by atoms with Crippen LogP contribution in [-0.2, 0) is 52.3 Å². The van der Waals surface area contributed by atoms with Gasteiger partial charge in [0.05, 0.1) is 25.8 Å². The number of esters is 3. The third-order valence-electron chi connectivity index (χ3n) is 13.6. The molecule has 15 N–H and O–H groups in total. The number of fused-ring (bicyclic) bond motifs is 1. The van der Waals surface area contributed by atoms with E-state index < -0.39 is 182 Å². The van der Waals surface area contributed by atoms with Gasteiger partial charge in [0.2, 0.25) is 18.3 Å². The second-order valence-electron chi connectivity index (χ2n) is 19.6. The molecule has 0 amide bonds. The minimum absolute atomic E-state index is 0.0712. The number of rotatable bonds is 21. The van der Waals surface area contributed by atoms with Gasteiger partial charge in [-0.2, -0.15) is 0 Å². The minimum Gasteiger partial charge on any atom is -0.507 e. The Morgan fingerprint density at radius 1 is 0.517 bits per heavy atom. The van der Waals surface area contributed by atoms with Crippen molar-refractivity contribution in [2.45, 2.75) is 98.5 Å². The van der Waals surface area contributed by atoms with E-state index in [9.17, 15) is 90.7 Å². The number of aliphatic carboxylic acids is 1. The standard InChI is InChI=1S/C56H58O31/c1-76-33-11-22(3-7-27(33)58)5-9-40(64)78-19-36-44(68)48(72)51(75)55(85-36)87-53-49(73)46(70)38(20-79-41(65)10-6-23-4-8-28(59)34(12-23)77-2)86-56(53)83-35-17-26-31(81-52(35)24-13-29(60)43(67)30(61)14-24)15-25(57)16-32(26)82-54-50(74)47(71)45(69)37(84-54)21-80-42(66)18-39(62)63/h3-17,36-38,44-51,53-56,68-75H,18-21H2,1-2H3,(H6-,57,58,59,60,61,62,63,64,65,67)/p+1/t36?,37?,38?,44-,45-,46-,47+,48+,49+,50?,51?,53?,54-,55+,56-/m1/s1. The molecule has 6 unspecified atom stereocenters. The van der Waals surface area contributed by atoms with Gasteiger partial charge in [-0.25, -0.2) is 14.0 Å². The lowest BCUT2D eigenvalue weighted by molar-refractivity contribution is -0.358. The quantitative estimate of drug-likeness (QED) is 0.0109. The zero-order valence-electron chi connectivity index (χ0n) is 45.4. The Kier molecular flexibility index (Phi) is 20.4. The Morgan fingerprint density at radius 3 is 1.53 bits per heavy atom. The summed E-state index contributed by atoms with van der Waals surface area (Å²) in [6.07, 6.45) is -27.1. The number of phenols is 6. The minimum atomic E-state index is -2.26. The Balaban J connectivity index is 1.14. The molecule has 3 saturated heterocycles. The zero-order valence-corrected chi connectivity index (χ0v) is 45.4. The normalized spacial score (nSPS) is 27.4. The summed E-state index contributed by atoms with van der Waals surface area (Å²) in [5, 5.41) is 161. The predicted octanol–water partition coefficient (Wildman–Crippen LogP) is -0.632. The summed E-state index contributed by atoms with van der Waals surface area (Å²) < 4.78 is 67.7. The molecular formula is C56H59O31+. The number of carbonyl (C=O) groups excluding carboxylic acids is 3. The highest BCUT2D eigenvalue weighted by Gasteiger charge is 2.53. The number of aliphatic hydroxyl groups is 8. The van der Waals surface area contributed by atoms with Gasteiger partial charge in [0.25, 0.3) is 0 Å². The van der Waals surface area contributed by atoms with E-state index in [1.165, 1.54) is 62.8 Å². The molecule has 31 nitrogen and oxygen atoms in total. The molecule has 3 aliphatic heterocycles. The van der Waals surface area contributed by atoms with Gasteiger partial charge in [0.15, 0.2) is 52.6 Å². The highest BCUT2D eigenvalue weighted by Crippen LogP contribution is 2.46.